The van der Waals surface area contributed by atoms with Crippen LogP contribution in [0.3, 0.4) is 0 Å². The first-order valence-electron chi connectivity index (χ1n) is 11.2. The molecule has 2 aliphatic carbocycles. The van der Waals surface area contributed by atoms with Crippen molar-refractivity contribution >= 4 is 15.9 Å². The van der Waals surface area contributed by atoms with Gasteiger partial charge in [-0.3, -0.25) is 4.79 Å². The topological polar surface area (TPSA) is 86.7 Å². The van der Waals surface area contributed by atoms with Gasteiger partial charge in [0.2, 0.25) is 15.9 Å². The van der Waals surface area contributed by atoms with Gasteiger partial charge in [-0.1, -0.05) is 19.1 Å². The summed E-state index contributed by atoms with van der Waals surface area (Å²) in [6, 6.07) is 3.70. The molecule has 186 valence electrons. The number of nitrogens with zero attached hydrogens (tertiary/aromatic N) is 1. The van der Waals surface area contributed by atoms with Crippen molar-refractivity contribution in [2.24, 2.45) is 17.8 Å². The third kappa shape index (κ3) is 5.07. The van der Waals surface area contributed by atoms with Crippen LogP contribution in [-0.2, 0) is 21.0 Å². The van der Waals surface area contributed by atoms with Crippen LogP contribution in [0.4, 0.5) is 13.2 Å². The summed E-state index contributed by atoms with van der Waals surface area (Å²) >= 11 is 0. The highest BCUT2D eigenvalue weighted by Crippen LogP contribution is 2.46. The first-order valence-corrected chi connectivity index (χ1v) is 12.6. The zero-order chi connectivity index (χ0) is 25.0. The van der Waals surface area contributed by atoms with Gasteiger partial charge in [-0.25, -0.2) is 8.42 Å². The number of halogens is 3. The summed E-state index contributed by atoms with van der Waals surface area (Å²) in [5, 5.41) is 13.6. The average Bonchev–Trinajstić information content (AvgIpc) is 2.68. The largest absolute Gasteiger partial charge is 0.417 e. The van der Waals surface area contributed by atoms with Crippen LogP contribution in [-0.4, -0.2) is 48.0 Å². The van der Waals surface area contributed by atoms with Crippen molar-refractivity contribution in [1.29, 1.82) is 0 Å². The van der Waals surface area contributed by atoms with Crippen LogP contribution in [0, 0.1) is 17.8 Å². The number of aliphatic hydroxyl groups is 1. The van der Waals surface area contributed by atoms with Crippen LogP contribution in [0.2, 0.25) is 0 Å². The Labute approximate surface area is 193 Å². The van der Waals surface area contributed by atoms with E-state index in [9.17, 15) is 31.5 Å². The number of benzene rings is 1. The van der Waals surface area contributed by atoms with Crippen molar-refractivity contribution in [1.82, 2.24) is 9.62 Å². The molecule has 1 aromatic carbocycles. The maximum absolute atomic E-state index is 13.4. The Morgan fingerprint density at radius 1 is 1.18 bits per heavy atom. The fourth-order valence-electron chi connectivity index (χ4n) is 5.56. The molecule has 0 saturated heterocycles. The van der Waals surface area contributed by atoms with Gasteiger partial charge in [0.15, 0.2) is 0 Å². The van der Waals surface area contributed by atoms with Gasteiger partial charge >= 0.3 is 6.18 Å². The Bertz CT molecular complexity index is 1010. The van der Waals surface area contributed by atoms with Gasteiger partial charge in [0.05, 0.1) is 16.1 Å². The molecule has 1 aromatic rings. The van der Waals surface area contributed by atoms with Crippen molar-refractivity contribution in [2.75, 3.05) is 7.05 Å². The third-order valence-electron chi connectivity index (χ3n) is 7.36. The summed E-state index contributed by atoms with van der Waals surface area (Å²) < 4.78 is 67.4. The SMILES string of the molecule is CC1CC2CC(CC(C)(O)C2)C1NC(=O)C(C)(C)N(C)S(=O)(=O)c1ccccc1C(F)(F)F. The molecule has 2 N–H and O–H groups in total. The Morgan fingerprint density at radius 2 is 1.79 bits per heavy atom. The minimum absolute atomic E-state index is 0.0510. The molecular weight excluding hydrogens is 457 g/mol. The number of hydrogen-bond acceptors (Lipinski definition) is 4. The standard InChI is InChI=1S/C23H33F3N2O4S/c1-14-10-15-11-16(13-22(4,30)12-15)19(14)27-20(29)21(2,3)28(5)33(31,32)18-9-7-6-8-17(18)23(24,25)26/h6-9,14-16,19,30H,10-13H2,1-5H3,(H,27,29). The maximum Gasteiger partial charge on any atom is 0.417 e. The number of carbonyl (C=O) groups is 1. The molecule has 0 heterocycles. The Morgan fingerprint density at radius 3 is 2.39 bits per heavy atom. The number of likely N-dealkylation sites (N-methyl/N-ethyl adjacent to an activating group) is 1. The molecule has 0 aromatic heterocycles. The number of sulfonamides is 1. The van der Waals surface area contributed by atoms with Crippen LogP contribution in [0.5, 0.6) is 0 Å². The first kappa shape index (κ1) is 26.0. The van der Waals surface area contributed by atoms with E-state index in [1.54, 1.807) is 6.92 Å². The molecular formula is C23H33F3N2O4S. The van der Waals surface area contributed by atoms with Gasteiger partial charge in [0.1, 0.15) is 5.54 Å². The summed E-state index contributed by atoms with van der Waals surface area (Å²) in [6.45, 7) is 6.58. The molecule has 2 fully saturated rings. The van der Waals surface area contributed by atoms with Gasteiger partial charge < -0.3 is 10.4 Å². The van der Waals surface area contributed by atoms with Crippen molar-refractivity contribution < 1.29 is 31.5 Å². The minimum Gasteiger partial charge on any atom is -0.390 e. The van der Waals surface area contributed by atoms with Gasteiger partial charge in [-0.05, 0) is 76.3 Å². The van der Waals surface area contributed by atoms with E-state index in [1.165, 1.54) is 19.9 Å². The molecule has 2 aliphatic rings. The third-order valence-corrected chi connectivity index (χ3v) is 9.45. The second-order valence-electron chi connectivity index (χ2n) is 10.5. The van der Waals surface area contributed by atoms with Crippen LogP contribution < -0.4 is 5.32 Å². The normalized spacial score (nSPS) is 30.8. The number of hydrogen-bond donors (Lipinski definition) is 2. The van der Waals surface area contributed by atoms with Crippen molar-refractivity contribution in [3.8, 4) is 0 Å². The summed E-state index contributed by atoms with van der Waals surface area (Å²) in [5.41, 5.74) is -3.73. The first-order chi connectivity index (χ1) is 15.0. The number of rotatable bonds is 5. The molecule has 33 heavy (non-hydrogen) atoms. The van der Waals surface area contributed by atoms with Crippen LogP contribution >= 0.6 is 0 Å². The second-order valence-corrected chi connectivity index (χ2v) is 12.4. The highest BCUT2D eigenvalue weighted by Gasteiger charge is 2.48. The number of amides is 1. The predicted octanol–water partition coefficient (Wildman–Crippen LogP) is 3.80. The molecule has 5 unspecified atom stereocenters. The molecule has 3 rings (SSSR count). The van der Waals surface area contributed by atoms with Crippen LogP contribution in [0.25, 0.3) is 0 Å². The zero-order valence-electron chi connectivity index (χ0n) is 19.6. The molecule has 6 nitrogen and oxygen atoms in total. The summed E-state index contributed by atoms with van der Waals surface area (Å²) in [5.74, 6) is -0.0250. The molecule has 0 radical (unpaired) electrons. The lowest BCUT2D eigenvalue weighted by Gasteiger charge is -2.50. The van der Waals surface area contributed by atoms with E-state index in [0.717, 1.165) is 38.4 Å². The number of carbonyl (C=O) groups excluding carboxylic acids is 1. The summed E-state index contributed by atoms with van der Waals surface area (Å²) in [7, 11) is -3.51. The summed E-state index contributed by atoms with van der Waals surface area (Å²) in [4.78, 5) is 12.4. The van der Waals surface area contributed by atoms with E-state index in [4.69, 9.17) is 0 Å². The van der Waals surface area contributed by atoms with Crippen LogP contribution in [0.1, 0.15) is 58.9 Å². The Hall–Kier alpha value is -1.65. The predicted molar refractivity (Wildman–Crippen MR) is 118 cm³/mol. The minimum atomic E-state index is -4.86. The molecule has 2 saturated carbocycles. The highest BCUT2D eigenvalue weighted by molar-refractivity contribution is 7.89. The fraction of sp³-hybridized carbons (Fsp3) is 0.696. The van der Waals surface area contributed by atoms with Crippen LogP contribution in [0.15, 0.2) is 29.2 Å². The van der Waals surface area contributed by atoms with E-state index >= 15 is 0 Å². The lowest BCUT2D eigenvalue weighted by molar-refractivity contribution is -0.139. The zero-order valence-corrected chi connectivity index (χ0v) is 20.4. The molecule has 0 aliphatic heterocycles. The maximum atomic E-state index is 13.4. The Kier molecular flexibility index (Phi) is 6.71. The van der Waals surface area contributed by atoms with Crippen molar-refractivity contribution in [3.63, 3.8) is 0 Å². The van der Waals surface area contributed by atoms with E-state index in [0.29, 0.717) is 22.7 Å². The lowest BCUT2D eigenvalue weighted by atomic mass is 9.61. The van der Waals surface area contributed by atoms with Gasteiger partial charge in [-0.2, -0.15) is 17.5 Å². The number of nitrogens with one attached hydrogen (secondary N) is 1. The number of fused-ring (bicyclic) bond motifs is 2. The summed E-state index contributed by atoms with van der Waals surface area (Å²) in [6.07, 6.45) is -1.89. The lowest BCUT2D eigenvalue weighted by Crippen LogP contribution is -2.61. The quantitative estimate of drug-likeness (QED) is 0.658. The molecule has 10 heteroatoms. The van der Waals surface area contributed by atoms with E-state index in [2.05, 4.69) is 5.32 Å². The van der Waals surface area contributed by atoms with Crippen molar-refractivity contribution in [2.45, 2.75) is 81.6 Å². The van der Waals surface area contributed by atoms with Gasteiger partial charge in [-0.15, -0.1) is 0 Å². The van der Waals surface area contributed by atoms with E-state index in [1.807, 2.05) is 6.92 Å². The molecule has 1 amide bonds. The average molecular weight is 491 g/mol. The van der Waals surface area contributed by atoms with Gasteiger partial charge in [0, 0.05) is 13.1 Å². The smallest absolute Gasteiger partial charge is 0.390 e. The van der Waals surface area contributed by atoms with Gasteiger partial charge in [0.25, 0.3) is 0 Å². The van der Waals surface area contributed by atoms with E-state index in [-0.39, 0.29) is 17.9 Å². The Balaban J connectivity index is 1.85. The fourth-order valence-corrected chi connectivity index (χ4v) is 7.25. The highest BCUT2D eigenvalue weighted by atomic mass is 32.2. The molecule has 2 bridgehead atoms. The number of alkyl halides is 3. The van der Waals surface area contributed by atoms with E-state index < -0.39 is 43.7 Å². The van der Waals surface area contributed by atoms with Crippen molar-refractivity contribution in [3.05, 3.63) is 29.8 Å². The second kappa shape index (κ2) is 8.53. The molecule has 5 atom stereocenters. The monoisotopic (exact) mass is 490 g/mol. The molecule has 0 spiro atoms.